The molecule has 3 heterocycles. The number of amides is 1. The highest BCUT2D eigenvalue weighted by Crippen LogP contribution is 2.23. The molecule has 2 aromatic heterocycles. The number of aryl methyl sites for hydroxylation is 1. The normalized spacial score (nSPS) is 15.6. The van der Waals surface area contributed by atoms with Gasteiger partial charge in [-0.2, -0.15) is 5.10 Å². The Kier molecular flexibility index (Phi) is 7.19. The highest BCUT2D eigenvalue weighted by molar-refractivity contribution is 5.87. The van der Waals surface area contributed by atoms with Crippen molar-refractivity contribution in [1.82, 2.24) is 24.6 Å². The van der Waals surface area contributed by atoms with E-state index in [4.69, 9.17) is 5.73 Å². The maximum atomic E-state index is 12.2. The van der Waals surface area contributed by atoms with E-state index in [0.29, 0.717) is 19.6 Å². The van der Waals surface area contributed by atoms with Crippen molar-refractivity contribution in [2.45, 2.75) is 6.92 Å². The van der Waals surface area contributed by atoms with Crippen LogP contribution in [0.5, 0.6) is 0 Å². The molecule has 1 aliphatic heterocycles. The lowest BCUT2D eigenvalue weighted by Crippen LogP contribution is -2.51. The fourth-order valence-electron chi connectivity index (χ4n) is 2.75. The molecule has 1 amide bonds. The monoisotopic (exact) mass is 375 g/mol. The molecule has 8 nitrogen and oxygen atoms in total. The van der Waals surface area contributed by atoms with E-state index in [9.17, 15) is 4.79 Å². The fraction of sp³-hybridized carbons (Fsp3) is 0.571. The van der Waals surface area contributed by atoms with Crippen LogP contribution in [0, 0.1) is 5.92 Å². The van der Waals surface area contributed by atoms with Gasteiger partial charge < -0.3 is 15.5 Å². The number of piperazine rings is 1. The largest absolute Gasteiger partial charge is 0.352 e. The third-order valence-corrected chi connectivity index (χ3v) is 4.17. The Morgan fingerprint density at radius 3 is 2.54 bits per heavy atom. The number of carbonyl (C=O) groups is 1. The predicted octanol–water partition coefficient (Wildman–Crippen LogP) is 0.450. The summed E-state index contributed by atoms with van der Waals surface area (Å²) in [4.78, 5) is 24.9. The van der Waals surface area contributed by atoms with Crippen molar-refractivity contribution in [1.29, 1.82) is 0 Å². The number of hydrogen-bond donors (Lipinski definition) is 1. The Hall–Kier alpha value is -1.64. The van der Waals surface area contributed by atoms with Crippen molar-refractivity contribution in [2.24, 2.45) is 18.7 Å². The molecule has 0 saturated carbocycles. The smallest absolute Gasteiger partial charge is 0.226 e. The van der Waals surface area contributed by atoms with Gasteiger partial charge in [-0.05, 0) is 0 Å². The van der Waals surface area contributed by atoms with Crippen LogP contribution in [0.25, 0.3) is 11.0 Å². The molecule has 10 heteroatoms. The minimum atomic E-state index is -0.115. The summed E-state index contributed by atoms with van der Waals surface area (Å²) in [7, 11) is 1.87. The summed E-state index contributed by atoms with van der Waals surface area (Å²) in [5.41, 5.74) is 6.40. The Balaban J connectivity index is 0.00000144. The topological polar surface area (TPSA) is 93.2 Å². The summed E-state index contributed by atoms with van der Waals surface area (Å²) in [5, 5.41) is 5.18. The lowest BCUT2D eigenvalue weighted by molar-refractivity contribution is -0.134. The minimum absolute atomic E-state index is 0. The van der Waals surface area contributed by atoms with Gasteiger partial charge in [-0.25, -0.2) is 9.97 Å². The summed E-state index contributed by atoms with van der Waals surface area (Å²) in [5.74, 6) is 0.907. The molecule has 0 aromatic carbocycles. The van der Waals surface area contributed by atoms with Crippen molar-refractivity contribution in [3.63, 3.8) is 0 Å². The van der Waals surface area contributed by atoms with Crippen molar-refractivity contribution in [2.75, 3.05) is 37.6 Å². The van der Waals surface area contributed by atoms with Crippen LogP contribution in [0.15, 0.2) is 12.5 Å². The van der Waals surface area contributed by atoms with Gasteiger partial charge in [0.25, 0.3) is 0 Å². The fourth-order valence-corrected chi connectivity index (χ4v) is 2.75. The van der Waals surface area contributed by atoms with Crippen molar-refractivity contribution < 1.29 is 4.79 Å². The molecule has 0 radical (unpaired) electrons. The van der Waals surface area contributed by atoms with Crippen LogP contribution in [-0.2, 0) is 11.8 Å². The highest BCUT2D eigenvalue weighted by atomic mass is 35.5. The minimum Gasteiger partial charge on any atom is -0.352 e. The molecule has 0 bridgehead atoms. The highest BCUT2D eigenvalue weighted by Gasteiger charge is 2.25. The number of halogens is 2. The molecular formula is C14H23Cl2N7O. The predicted molar refractivity (Wildman–Crippen MR) is 97.8 cm³/mol. The third kappa shape index (κ3) is 3.71. The van der Waals surface area contributed by atoms with E-state index < -0.39 is 0 Å². The summed E-state index contributed by atoms with van der Waals surface area (Å²) in [6.07, 6.45) is 3.35. The van der Waals surface area contributed by atoms with Crippen LogP contribution in [0.1, 0.15) is 6.92 Å². The molecule has 1 saturated heterocycles. The zero-order valence-electron chi connectivity index (χ0n) is 13.8. The van der Waals surface area contributed by atoms with Gasteiger partial charge in [0.05, 0.1) is 11.6 Å². The number of nitrogens with zero attached hydrogens (tertiary/aromatic N) is 6. The molecule has 1 aliphatic rings. The zero-order valence-corrected chi connectivity index (χ0v) is 15.4. The molecule has 1 fully saturated rings. The number of carbonyl (C=O) groups excluding carboxylic acids is 1. The van der Waals surface area contributed by atoms with Crippen molar-refractivity contribution in [3.8, 4) is 0 Å². The second-order valence-electron chi connectivity index (χ2n) is 5.65. The van der Waals surface area contributed by atoms with Gasteiger partial charge in [0.15, 0.2) is 5.65 Å². The number of aromatic nitrogens is 4. The number of fused-ring (bicyclic) bond motifs is 1. The van der Waals surface area contributed by atoms with Gasteiger partial charge in [0.1, 0.15) is 12.1 Å². The molecule has 1 atom stereocenters. The molecule has 24 heavy (non-hydrogen) atoms. The number of nitrogens with two attached hydrogens (primary N) is 1. The quantitative estimate of drug-likeness (QED) is 0.836. The first-order valence-electron chi connectivity index (χ1n) is 7.48. The lowest BCUT2D eigenvalue weighted by Gasteiger charge is -2.36. The Morgan fingerprint density at radius 1 is 1.25 bits per heavy atom. The van der Waals surface area contributed by atoms with Gasteiger partial charge in [-0.3, -0.25) is 9.48 Å². The number of hydrogen-bond acceptors (Lipinski definition) is 6. The summed E-state index contributed by atoms with van der Waals surface area (Å²) >= 11 is 0. The number of anilines is 1. The molecule has 2 N–H and O–H groups in total. The first-order valence-corrected chi connectivity index (χ1v) is 7.48. The Bertz CT molecular complexity index is 685. The molecular weight excluding hydrogens is 353 g/mol. The van der Waals surface area contributed by atoms with Crippen molar-refractivity contribution >= 4 is 47.6 Å². The molecule has 134 valence electrons. The molecule has 0 spiro atoms. The second-order valence-corrected chi connectivity index (χ2v) is 5.65. The van der Waals surface area contributed by atoms with Crippen LogP contribution in [0.4, 0.5) is 5.82 Å². The van der Waals surface area contributed by atoms with Crippen LogP contribution in [0.2, 0.25) is 0 Å². The zero-order chi connectivity index (χ0) is 15.7. The van der Waals surface area contributed by atoms with Crippen LogP contribution >= 0.6 is 24.8 Å². The van der Waals surface area contributed by atoms with E-state index in [1.165, 1.54) is 0 Å². The number of rotatable bonds is 3. The summed E-state index contributed by atoms with van der Waals surface area (Å²) < 4.78 is 1.74. The first-order chi connectivity index (χ1) is 10.6. The van der Waals surface area contributed by atoms with Gasteiger partial charge in [-0.15, -0.1) is 24.8 Å². The van der Waals surface area contributed by atoms with E-state index >= 15 is 0 Å². The van der Waals surface area contributed by atoms with Gasteiger partial charge in [0, 0.05) is 45.7 Å². The van der Waals surface area contributed by atoms with Gasteiger partial charge >= 0.3 is 0 Å². The van der Waals surface area contributed by atoms with E-state index in [1.54, 1.807) is 17.2 Å². The van der Waals surface area contributed by atoms with Crippen LogP contribution < -0.4 is 10.6 Å². The average molecular weight is 376 g/mol. The standard InChI is InChI=1S/C14H21N7O.2ClH/c1-10(7-15)14(22)21-5-3-20(4-6-21)13-11-8-18-19(2)12(11)16-9-17-13;;/h8-10H,3-7,15H2,1-2H3;2*1H. The lowest BCUT2D eigenvalue weighted by atomic mass is 10.1. The Labute approximate surface area is 153 Å². The molecule has 3 rings (SSSR count). The molecule has 1 unspecified atom stereocenters. The average Bonchev–Trinajstić information content (AvgIpc) is 2.95. The van der Waals surface area contributed by atoms with E-state index in [-0.39, 0.29) is 36.6 Å². The Morgan fingerprint density at radius 2 is 1.92 bits per heavy atom. The van der Waals surface area contributed by atoms with Crippen molar-refractivity contribution in [3.05, 3.63) is 12.5 Å². The SMILES string of the molecule is CC(CN)C(=O)N1CCN(c2ncnc3c2cnn3C)CC1.Cl.Cl. The summed E-state index contributed by atoms with van der Waals surface area (Å²) in [6, 6.07) is 0. The third-order valence-electron chi connectivity index (χ3n) is 4.17. The summed E-state index contributed by atoms with van der Waals surface area (Å²) in [6.45, 7) is 5.15. The van der Waals surface area contributed by atoms with Crippen LogP contribution in [-0.4, -0.2) is 63.3 Å². The molecule has 0 aliphatic carbocycles. The maximum absolute atomic E-state index is 12.2. The van der Waals surface area contributed by atoms with Crippen LogP contribution in [0.3, 0.4) is 0 Å². The van der Waals surface area contributed by atoms with Gasteiger partial charge in [0.2, 0.25) is 5.91 Å². The van der Waals surface area contributed by atoms with E-state index in [1.807, 2.05) is 18.9 Å². The first kappa shape index (κ1) is 20.4. The maximum Gasteiger partial charge on any atom is 0.226 e. The van der Waals surface area contributed by atoms with E-state index in [2.05, 4.69) is 20.0 Å². The second kappa shape index (κ2) is 8.46. The molecule has 2 aromatic rings. The van der Waals surface area contributed by atoms with E-state index in [0.717, 1.165) is 29.9 Å². The van der Waals surface area contributed by atoms with Gasteiger partial charge in [-0.1, -0.05) is 6.92 Å².